The monoisotopic (exact) mass is 412 g/mol. The smallest absolute Gasteiger partial charge is 0.244 e. The third-order valence-electron chi connectivity index (χ3n) is 4.90. The van der Waals surface area contributed by atoms with E-state index in [0.717, 1.165) is 0 Å². The lowest BCUT2D eigenvalue weighted by Gasteiger charge is -2.37. The second-order valence-corrected chi connectivity index (χ2v) is 9.31. The summed E-state index contributed by atoms with van der Waals surface area (Å²) in [6.07, 6.45) is 0. The van der Waals surface area contributed by atoms with Crippen molar-refractivity contribution in [3.8, 4) is 0 Å². The summed E-state index contributed by atoms with van der Waals surface area (Å²) in [7, 11) is -3.64. The highest BCUT2D eigenvalue weighted by atomic mass is 35.5. The molecule has 1 aliphatic rings. The molecule has 1 fully saturated rings. The summed E-state index contributed by atoms with van der Waals surface area (Å²) in [5, 5.41) is 0.670. The Hall–Kier alpha value is -1.27. The summed E-state index contributed by atoms with van der Waals surface area (Å²) in [5.74, 6) is 0. The fourth-order valence-electron chi connectivity index (χ4n) is 3.43. The summed E-state index contributed by atoms with van der Waals surface area (Å²) >= 11 is 12.3. The SMILES string of the molecule is Cc1cccc(C)c1N1CCN(S(=O)(=O)c2ccc(Cl)c(C)c2Cl)CC1. The number of halogens is 2. The van der Waals surface area contributed by atoms with Crippen LogP contribution in [-0.2, 0) is 10.0 Å². The average molecular weight is 413 g/mol. The van der Waals surface area contributed by atoms with Gasteiger partial charge in [0, 0.05) is 36.9 Å². The Labute approximate surface area is 165 Å². The standard InChI is InChI=1S/C19H22Cl2N2O2S/c1-13-5-4-6-14(2)19(13)22-9-11-23(12-10-22)26(24,25)17-8-7-16(20)15(3)18(17)21/h4-8H,9-12H2,1-3H3. The first-order valence-corrected chi connectivity index (χ1v) is 10.7. The highest BCUT2D eigenvalue weighted by molar-refractivity contribution is 7.89. The summed E-state index contributed by atoms with van der Waals surface area (Å²) in [5.41, 5.74) is 4.20. The van der Waals surface area contributed by atoms with E-state index in [2.05, 4.69) is 30.9 Å². The molecule has 4 nitrogen and oxygen atoms in total. The fourth-order valence-corrected chi connectivity index (χ4v) is 5.64. The molecule has 0 N–H and O–H groups in total. The molecule has 2 aromatic rings. The summed E-state index contributed by atoms with van der Waals surface area (Å²) in [4.78, 5) is 2.38. The lowest BCUT2D eigenvalue weighted by Crippen LogP contribution is -2.49. The summed E-state index contributed by atoms with van der Waals surface area (Å²) < 4.78 is 27.6. The van der Waals surface area contributed by atoms with Crippen molar-refractivity contribution >= 4 is 38.9 Å². The first kappa shape index (κ1) is 19.5. The van der Waals surface area contributed by atoms with Gasteiger partial charge < -0.3 is 4.90 Å². The zero-order chi connectivity index (χ0) is 19.1. The van der Waals surface area contributed by atoms with Crippen molar-refractivity contribution in [3.05, 3.63) is 57.1 Å². The van der Waals surface area contributed by atoms with E-state index in [9.17, 15) is 8.42 Å². The Morgan fingerprint density at radius 3 is 2.04 bits per heavy atom. The van der Waals surface area contributed by atoms with Crippen molar-refractivity contribution in [3.63, 3.8) is 0 Å². The molecule has 0 spiro atoms. The Morgan fingerprint density at radius 2 is 1.46 bits per heavy atom. The van der Waals surface area contributed by atoms with E-state index in [4.69, 9.17) is 23.2 Å². The van der Waals surface area contributed by atoms with Crippen LogP contribution < -0.4 is 4.90 Å². The third-order valence-corrected chi connectivity index (χ3v) is 7.85. The molecule has 0 amide bonds. The predicted molar refractivity (Wildman–Crippen MR) is 108 cm³/mol. The number of nitrogens with zero attached hydrogens (tertiary/aromatic N) is 2. The van der Waals surface area contributed by atoms with Crippen LogP contribution in [0.2, 0.25) is 10.0 Å². The number of para-hydroxylation sites is 1. The summed E-state index contributed by atoms with van der Waals surface area (Å²) in [6, 6.07) is 9.29. The highest BCUT2D eigenvalue weighted by Crippen LogP contribution is 2.33. The van der Waals surface area contributed by atoms with Crippen molar-refractivity contribution < 1.29 is 8.42 Å². The highest BCUT2D eigenvalue weighted by Gasteiger charge is 2.31. The molecule has 0 radical (unpaired) electrons. The number of hydrogen-bond acceptors (Lipinski definition) is 3. The van der Waals surface area contributed by atoms with Crippen molar-refractivity contribution in [1.29, 1.82) is 0 Å². The van der Waals surface area contributed by atoms with Gasteiger partial charge in [-0.2, -0.15) is 4.31 Å². The quantitative estimate of drug-likeness (QED) is 0.748. The van der Waals surface area contributed by atoms with E-state index < -0.39 is 10.0 Å². The van der Waals surface area contributed by atoms with Gasteiger partial charge in [0.2, 0.25) is 10.0 Å². The maximum atomic E-state index is 13.0. The van der Waals surface area contributed by atoms with Gasteiger partial charge in [-0.25, -0.2) is 8.42 Å². The maximum Gasteiger partial charge on any atom is 0.244 e. The number of hydrogen-bond donors (Lipinski definition) is 0. The molecule has 1 heterocycles. The largest absolute Gasteiger partial charge is 0.368 e. The van der Waals surface area contributed by atoms with Gasteiger partial charge in [-0.15, -0.1) is 0 Å². The molecule has 140 valence electrons. The molecule has 0 atom stereocenters. The van der Waals surface area contributed by atoms with E-state index in [1.165, 1.54) is 27.2 Å². The maximum absolute atomic E-state index is 13.0. The van der Waals surface area contributed by atoms with Crippen LogP contribution in [0.3, 0.4) is 0 Å². The topological polar surface area (TPSA) is 40.6 Å². The molecule has 3 rings (SSSR count). The lowest BCUT2D eigenvalue weighted by molar-refractivity contribution is 0.384. The van der Waals surface area contributed by atoms with Gasteiger partial charge in [0.25, 0.3) is 0 Å². The van der Waals surface area contributed by atoms with Gasteiger partial charge in [0.1, 0.15) is 4.90 Å². The van der Waals surface area contributed by atoms with Crippen molar-refractivity contribution in [2.45, 2.75) is 25.7 Å². The minimum Gasteiger partial charge on any atom is -0.368 e. The Bertz CT molecular complexity index is 917. The average Bonchev–Trinajstić information content (AvgIpc) is 2.60. The van der Waals surface area contributed by atoms with Crippen LogP contribution in [0.1, 0.15) is 16.7 Å². The predicted octanol–water partition coefficient (Wildman–Crippen LogP) is 4.43. The third kappa shape index (κ3) is 3.46. The first-order chi connectivity index (χ1) is 12.2. The minimum atomic E-state index is -3.64. The normalized spacial score (nSPS) is 16.1. The first-order valence-electron chi connectivity index (χ1n) is 8.49. The van der Waals surface area contributed by atoms with Crippen LogP contribution in [0, 0.1) is 20.8 Å². The number of anilines is 1. The number of aryl methyl sites for hydroxylation is 2. The van der Waals surface area contributed by atoms with Crippen molar-refractivity contribution in [2.75, 3.05) is 31.1 Å². The van der Waals surface area contributed by atoms with Gasteiger partial charge in [-0.05, 0) is 49.6 Å². The Morgan fingerprint density at radius 1 is 0.885 bits per heavy atom. The Kier molecular flexibility index (Phi) is 5.54. The Balaban J connectivity index is 1.83. The van der Waals surface area contributed by atoms with Gasteiger partial charge in [-0.1, -0.05) is 41.4 Å². The minimum absolute atomic E-state index is 0.126. The molecular weight excluding hydrogens is 391 g/mol. The van der Waals surface area contributed by atoms with Gasteiger partial charge in [0.15, 0.2) is 0 Å². The van der Waals surface area contributed by atoms with Crippen LogP contribution in [0.15, 0.2) is 35.2 Å². The zero-order valence-corrected chi connectivity index (χ0v) is 17.4. The molecule has 26 heavy (non-hydrogen) atoms. The van der Waals surface area contributed by atoms with E-state index in [1.54, 1.807) is 13.0 Å². The van der Waals surface area contributed by atoms with Gasteiger partial charge in [0.05, 0.1) is 5.02 Å². The lowest BCUT2D eigenvalue weighted by atomic mass is 10.1. The summed E-state index contributed by atoms with van der Waals surface area (Å²) in [6.45, 7) is 8.04. The number of sulfonamides is 1. The van der Waals surface area contributed by atoms with Crippen LogP contribution >= 0.6 is 23.2 Å². The molecule has 0 unspecified atom stereocenters. The number of benzene rings is 2. The van der Waals surface area contributed by atoms with E-state index in [-0.39, 0.29) is 9.92 Å². The fraction of sp³-hybridized carbons (Fsp3) is 0.368. The van der Waals surface area contributed by atoms with Crippen LogP contribution in [-0.4, -0.2) is 38.9 Å². The van der Waals surface area contributed by atoms with Crippen molar-refractivity contribution in [2.24, 2.45) is 0 Å². The van der Waals surface area contributed by atoms with Crippen LogP contribution in [0.25, 0.3) is 0 Å². The van der Waals surface area contributed by atoms with E-state index in [0.29, 0.717) is 36.8 Å². The molecule has 7 heteroatoms. The molecule has 0 saturated carbocycles. The second-order valence-electron chi connectivity index (χ2n) is 6.62. The molecular formula is C19H22Cl2N2O2S. The number of piperazine rings is 1. The molecule has 2 aromatic carbocycles. The molecule has 1 aliphatic heterocycles. The second kappa shape index (κ2) is 7.39. The van der Waals surface area contributed by atoms with E-state index in [1.807, 2.05) is 6.07 Å². The molecule has 0 bridgehead atoms. The van der Waals surface area contributed by atoms with Crippen molar-refractivity contribution in [1.82, 2.24) is 4.31 Å². The van der Waals surface area contributed by atoms with E-state index >= 15 is 0 Å². The molecule has 0 aromatic heterocycles. The molecule has 1 saturated heterocycles. The zero-order valence-electron chi connectivity index (χ0n) is 15.1. The molecule has 0 aliphatic carbocycles. The van der Waals surface area contributed by atoms with Gasteiger partial charge >= 0.3 is 0 Å². The number of rotatable bonds is 3. The van der Waals surface area contributed by atoms with Crippen LogP contribution in [0.5, 0.6) is 0 Å². The van der Waals surface area contributed by atoms with Crippen LogP contribution in [0.4, 0.5) is 5.69 Å². The van der Waals surface area contributed by atoms with Gasteiger partial charge in [-0.3, -0.25) is 0 Å².